The van der Waals surface area contributed by atoms with Gasteiger partial charge in [0.1, 0.15) is 17.1 Å². The highest BCUT2D eigenvalue weighted by atomic mass is 16.5. The normalized spacial score (nSPS) is 15.8. The highest BCUT2D eigenvalue weighted by Gasteiger charge is 2.32. The summed E-state index contributed by atoms with van der Waals surface area (Å²) in [7, 11) is 1.68. The van der Waals surface area contributed by atoms with Crippen LogP contribution in [0.2, 0.25) is 0 Å². The molecule has 4 aromatic rings. The fraction of sp³-hybridized carbons (Fsp3) is 0.276. The number of amides is 1. The van der Waals surface area contributed by atoms with Crippen molar-refractivity contribution in [3.05, 3.63) is 95.7 Å². The van der Waals surface area contributed by atoms with Crippen LogP contribution in [0.5, 0.6) is 5.75 Å². The SMILES string of the molecule is COc1ccc([C@H](c2oc3ccccc3c2NC(=O)c2ccccc2)N2CCC(C)CC2)cc1. The number of nitrogens with zero attached hydrogens (tertiary/aromatic N) is 1. The molecule has 0 bridgehead atoms. The molecule has 0 saturated carbocycles. The minimum Gasteiger partial charge on any atom is -0.497 e. The standard InChI is InChI=1S/C29H30N2O3/c1-20-16-18-31(19-17-20)27(21-12-14-23(33-2)15-13-21)28-26(24-10-6-7-11-25(24)34-28)30-29(32)22-8-4-3-5-9-22/h3-15,20,27H,16-19H2,1-2H3,(H,30,32)/t27-/m1/s1. The molecule has 0 radical (unpaired) electrons. The summed E-state index contributed by atoms with van der Waals surface area (Å²) in [4.78, 5) is 15.7. The fourth-order valence-corrected chi connectivity index (χ4v) is 4.76. The van der Waals surface area contributed by atoms with Crippen LogP contribution in [0.25, 0.3) is 11.0 Å². The van der Waals surface area contributed by atoms with Crippen molar-refractivity contribution in [2.45, 2.75) is 25.8 Å². The fourth-order valence-electron chi connectivity index (χ4n) is 4.76. The summed E-state index contributed by atoms with van der Waals surface area (Å²) in [5.74, 6) is 2.15. The molecule has 1 fully saturated rings. The molecule has 5 nitrogen and oxygen atoms in total. The molecule has 34 heavy (non-hydrogen) atoms. The zero-order valence-corrected chi connectivity index (χ0v) is 19.7. The van der Waals surface area contributed by atoms with Gasteiger partial charge in [-0.1, -0.05) is 49.4 Å². The first kappa shape index (κ1) is 22.2. The Labute approximate surface area is 200 Å². The monoisotopic (exact) mass is 454 g/mol. The van der Waals surface area contributed by atoms with Crippen LogP contribution >= 0.6 is 0 Å². The number of carbonyl (C=O) groups excluding carboxylic acids is 1. The lowest BCUT2D eigenvalue weighted by atomic mass is 9.94. The maximum Gasteiger partial charge on any atom is 0.255 e. The zero-order valence-electron chi connectivity index (χ0n) is 19.7. The predicted molar refractivity (Wildman–Crippen MR) is 135 cm³/mol. The minimum absolute atomic E-state index is 0.114. The van der Waals surface area contributed by atoms with Crippen LogP contribution in [-0.2, 0) is 0 Å². The van der Waals surface area contributed by atoms with E-state index in [0.717, 1.165) is 59.7 Å². The van der Waals surface area contributed by atoms with Crippen LogP contribution in [0.3, 0.4) is 0 Å². The number of ether oxygens (including phenoxy) is 1. The lowest BCUT2D eigenvalue weighted by Crippen LogP contribution is -2.37. The van der Waals surface area contributed by atoms with Gasteiger partial charge in [-0.15, -0.1) is 0 Å². The van der Waals surface area contributed by atoms with Gasteiger partial charge in [0.05, 0.1) is 18.8 Å². The Bertz CT molecular complexity index is 1260. The van der Waals surface area contributed by atoms with Gasteiger partial charge in [-0.2, -0.15) is 0 Å². The number of furan rings is 1. The van der Waals surface area contributed by atoms with Crippen LogP contribution in [0.1, 0.15) is 47.5 Å². The number of para-hydroxylation sites is 1. The molecule has 2 heterocycles. The molecule has 1 N–H and O–H groups in total. The van der Waals surface area contributed by atoms with Gasteiger partial charge in [0.15, 0.2) is 0 Å². The molecule has 0 unspecified atom stereocenters. The number of hydrogen-bond acceptors (Lipinski definition) is 4. The zero-order chi connectivity index (χ0) is 23.5. The van der Waals surface area contributed by atoms with E-state index in [1.54, 1.807) is 7.11 Å². The number of hydrogen-bond donors (Lipinski definition) is 1. The average Bonchev–Trinajstić information content (AvgIpc) is 3.24. The summed E-state index contributed by atoms with van der Waals surface area (Å²) < 4.78 is 11.9. The number of likely N-dealkylation sites (tertiary alicyclic amines) is 1. The minimum atomic E-state index is -0.144. The molecule has 0 spiro atoms. The number of carbonyl (C=O) groups is 1. The molecule has 5 rings (SSSR count). The topological polar surface area (TPSA) is 54.7 Å². The largest absolute Gasteiger partial charge is 0.497 e. The summed E-state index contributed by atoms with van der Waals surface area (Å²) in [6.45, 7) is 4.26. The quantitative estimate of drug-likeness (QED) is 0.361. The van der Waals surface area contributed by atoms with Gasteiger partial charge in [-0.05, 0) is 73.8 Å². The van der Waals surface area contributed by atoms with Crippen molar-refractivity contribution in [2.24, 2.45) is 5.92 Å². The number of rotatable bonds is 6. The number of benzene rings is 3. The van der Waals surface area contributed by atoms with Gasteiger partial charge < -0.3 is 14.5 Å². The molecule has 1 saturated heterocycles. The molecular weight excluding hydrogens is 424 g/mol. The molecule has 0 aliphatic carbocycles. The third-order valence-electron chi connectivity index (χ3n) is 6.76. The van der Waals surface area contributed by atoms with Crippen LogP contribution in [0, 0.1) is 5.92 Å². The van der Waals surface area contributed by atoms with E-state index >= 15 is 0 Å². The van der Waals surface area contributed by atoms with Gasteiger partial charge in [0.2, 0.25) is 0 Å². The number of nitrogens with one attached hydrogen (secondary N) is 1. The average molecular weight is 455 g/mol. The van der Waals surface area contributed by atoms with E-state index in [1.807, 2.05) is 66.7 Å². The second kappa shape index (κ2) is 9.74. The first-order valence-corrected chi connectivity index (χ1v) is 11.9. The summed E-state index contributed by atoms with van der Waals surface area (Å²) in [6, 6.07) is 25.3. The van der Waals surface area contributed by atoms with Crippen LogP contribution in [0.15, 0.2) is 83.3 Å². The van der Waals surface area contributed by atoms with E-state index in [1.165, 1.54) is 0 Å². The second-order valence-electron chi connectivity index (χ2n) is 9.05. The van der Waals surface area contributed by atoms with Crippen LogP contribution in [0.4, 0.5) is 5.69 Å². The third kappa shape index (κ3) is 4.44. The number of methoxy groups -OCH3 is 1. The maximum atomic E-state index is 13.2. The molecule has 5 heteroatoms. The number of anilines is 1. The Hall–Kier alpha value is -3.57. The summed E-state index contributed by atoms with van der Waals surface area (Å²) >= 11 is 0. The van der Waals surface area contributed by atoms with E-state index in [9.17, 15) is 4.79 Å². The van der Waals surface area contributed by atoms with E-state index in [0.29, 0.717) is 11.5 Å². The first-order chi connectivity index (χ1) is 16.6. The molecular formula is C29H30N2O3. The summed E-state index contributed by atoms with van der Waals surface area (Å²) in [5, 5.41) is 4.09. The van der Waals surface area contributed by atoms with Gasteiger partial charge in [-0.3, -0.25) is 9.69 Å². The summed E-state index contributed by atoms with van der Waals surface area (Å²) in [6.07, 6.45) is 2.27. The highest BCUT2D eigenvalue weighted by molar-refractivity contribution is 6.09. The molecule has 174 valence electrons. The van der Waals surface area contributed by atoms with Crippen molar-refractivity contribution >= 4 is 22.6 Å². The molecule has 1 atom stereocenters. The second-order valence-corrected chi connectivity index (χ2v) is 9.05. The first-order valence-electron chi connectivity index (χ1n) is 11.9. The van der Waals surface area contributed by atoms with Crippen LogP contribution in [-0.4, -0.2) is 31.0 Å². The van der Waals surface area contributed by atoms with Gasteiger partial charge >= 0.3 is 0 Å². The lowest BCUT2D eigenvalue weighted by Gasteiger charge is -2.36. The smallest absolute Gasteiger partial charge is 0.255 e. The molecule has 3 aromatic carbocycles. The van der Waals surface area contributed by atoms with Crippen molar-refractivity contribution in [3.63, 3.8) is 0 Å². The molecule has 1 aromatic heterocycles. The van der Waals surface area contributed by atoms with E-state index in [2.05, 4.69) is 29.3 Å². The van der Waals surface area contributed by atoms with E-state index in [-0.39, 0.29) is 11.9 Å². The molecule has 1 aliphatic rings. The Morgan fingerprint density at radius 3 is 2.35 bits per heavy atom. The maximum absolute atomic E-state index is 13.2. The van der Waals surface area contributed by atoms with Crippen molar-refractivity contribution < 1.29 is 13.9 Å². The summed E-state index contributed by atoms with van der Waals surface area (Å²) in [5.41, 5.74) is 3.24. The number of fused-ring (bicyclic) bond motifs is 1. The van der Waals surface area contributed by atoms with Crippen molar-refractivity contribution in [1.82, 2.24) is 4.90 Å². The van der Waals surface area contributed by atoms with E-state index < -0.39 is 0 Å². The van der Waals surface area contributed by atoms with Crippen molar-refractivity contribution in [2.75, 3.05) is 25.5 Å². The molecule has 1 amide bonds. The van der Waals surface area contributed by atoms with Gasteiger partial charge in [-0.25, -0.2) is 0 Å². The Balaban J connectivity index is 1.61. The van der Waals surface area contributed by atoms with Crippen LogP contribution < -0.4 is 10.1 Å². The van der Waals surface area contributed by atoms with E-state index in [4.69, 9.17) is 9.15 Å². The Morgan fingerprint density at radius 1 is 0.971 bits per heavy atom. The highest BCUT2D eigenvalue weighted by Crippen LogP contribution is 2.42. The molecule has 1 aliphatic heterocycles. The van der Waals surface area contributed by atoms with Crippen molar-refractivity contribution in [1.29, 1.82) is 0 Å². The third-order valence-corrected chi connectivity index (χ3v) is 6.76. The van der Waals surface area contributed by atoms with Gasteiger partial charge in [0.25, 0.3) is 5.91 Å². The van der Waals surface area contributed by atoms with Gasteiger partial charge in [0, 0.05) is 10.9 Å². The lowest BCUT2D eigenvalue weighted by molar-refractivity contribution is 0.102. The Morgan fingerprint density at radius 2 is 1.65 bits per heavy atom. The number of piperidine rings is 1. The Kier molecular flexibility index (Phi) is 6.37. The van der Waals surface area contributed by atoms with Crippen molar-refractivity contribution in [3.8, 4) is 5.75 Å². The predicted octanol–water partition coefficient (Wildman–Crippen LogP) is 6.52.